The normalized spacial score (nSPS) is 11.9. The predicted octanol–water partition coefficient (Wildman–Crippen LogP) is 5.04. The highest BCUT2D eigenvalue weighted by Crippen LogP contribution is 2.33. The van der Waals surface area contributed by atoms with E-state index in [4.69, 9.17) is 4.98 Å². The molecule has 0 saturated carbocycles. The Bertz CT molecular complexity index is 1490. The van der Waals surface area contributed by atoms with Gasteiger partial charge >= 0.3 is 0 Å². The Hall–Kier alpha value is -2.82. The molecule has 0 bridgehead atoms. The standard InChI is InChI=1S/C20H15N7S3/c1-11-12(2)27(19-21-7-8-28-19)17-16(11)18-24-15(25-26(18)10-22-17)9-29-20-23-13-5-3-4-6-14(13)30-20/h3-8,10H,9H2,1-2H3. The first-order valence-corrected chi connectivity index (χ1v) is 12.0. The van der Waals surface area contributed by atoms with Gasteiger partial charge in [-0.25, -0.2) is 24.5 Å². The van der Waals surface area contributed by atoms with E-state index in [1.807, 2.05) is 29.8 Å². The molecule has 148 valence electrons. The number of nitrogens with zero attached hydrogens (tertiary/aromatic N) is 7. The summed E-state index contributed by atoms with van der Waals surface area (Å²) in [6.45, 7) is 4.20. The van der Waals surface area contributed by atoms with Crippen LogP contribution in [0, 0.1) is 13.8 Å². The van der Waals surface area contributed by atoms with Crippen LogP contribution in [0.25, 0.3) is 32.0 Å². The molecule has 0 unspecified atom stereocenters. The number of thioether (sulfide) groups is 1. The molecule has 0 aliphatic rings. The molecule has 0 radical (unpaired) electrons. The number of fused-ring (bicyclic) bond motifs is 4. The van der Waals surface area contributed by atoms with Crippen LogP contribution < -0.4 is 0 Å². The fraction of sp³-hybridized carbons (Fsp3) is 0.150. The molecule has 6 aromatic rings. The molecule has 5 aromatic heterocycles. The van der Waals surface area contributed by atoms with Crippen LogP contribution in [-0.2, 0) is 5.75 Å². The summed E-state index contributed by atoms with van der Waals surface area (Å²) in [5.41, 5.74) is 5.00. The van der Waals surface area contributed by atoms with Gasteiger partial charge < -0.3 is 0 Å². The van der Waals surface area contributed by atoms with Crippen LogP contribution >= 0.6 is 34.4 Å². The monoisotopic (exact) mass is 449 g/mol. The maximum Gasteiger partial charge on any atom is 0.195 e. The molecule has 30 heavy (non-hydrogen) atoms. The van der Waals surface area contributed by atoms with Crippen LogP contribution in [-0.4, -0.2) is 34.1 Å². The summed E-state index contributed by atoms with van der Waals surface area (Å²) in [7, 11) is 0. The third-order valence-electron chi connectivity index (χ3n) is 5.09. The number of para-hydroxylation sites is 1. The lowest BCUT2D eigenvalue weighted by Gasteiger charge is -2.02. The first kappa shape index (κ1) is 18.0. The van der Waals surface area contributed by atoms with Crippen molar-refractivity contribution in [1.29, 1.82) is 0 Å². The maximum atomic E-state index is 4.84. The molecule has 0 saturated heterocycles. The number of rotatable bonds is 4. The molecule has 10 heteroatoms. The van der Waals surface area contributed by atoms with E-state index in [1.54, 1.807) is 45.3 Å². The number of aryl methyl sites for hydroxylation is 1. The smallest absolute Gasteiger partial charge is 0.195 e. The Morgan fingerprint density at radius 2 is 1.97 bits per heavy atom. The molecule has 0 amide bonds. The second kappa shape index (κ2) is 6.86. The minimum absolute atomic E-state index is 0.661. The van der Waals surface area contributed by atoms with E-state index in [2.05, 4.69) is 44.5 Å². The summed E-state index contributed by atoms with van der Waals surface area (Å²) in [6.07, 6.45) is 3.55. The van der Waals surface area contributed by atoms with Gasteiger partial charge in [0.1, 0.15) is 6.33 Å². The van der Waals surface area contributed by atoms with Crippen molar-refractivity contribution in [3.05, 3.63) is 59.3 Å². The van der Waals surface area contributed by atoms with Gasteiger partial charge in [0.15, 0.2) is 26.6 Å². The molecule has 0 spiro atoms. The van der Waals surface area contributed by atoms with Crippen molar-refractivity contribution in [3.63, 3.8) is 0 Å². The largest absolute Gasteiger partial charge is 0.273 e. The molecule has 1 aromatic carbocycles. The van der Waals surface area contributed by atoms with Crippen molar-refractivity contribution < 1.29 is 0 Å². The lowest BCUT2D eigenvalue weighted by molar-refractivity contribution is 0.896. The first-order chi connectivity index (χ1) is 14.7. The van der Waals surface area contributed by atoms with Crippen LogP contribution in [0.5, 0.6) is 0 Å². The van der Waals surface area contributed by atoms with Gasteiger partial charge in [-0.15, -0.1) is 27.8 Å². The summed E-state index contributed by atoms with van der Waals surface area (Å²) >= 11 is 4.96. The summed E-state index contributed by atoms with van der Waals surface area (Å²) in [6, 6.07) is 8.19. The Balaban J connectivity index is 1.40. The van der Waals surface area contributed by atoms with Crippen molar-refractivity contribution in [1.82, 2.24) is 34.1 Å². The van der Waals surface area contributed by atoms with Crippen LogP contribution in [0.2, 0.25) is 0 Å². The molecule has 0 fully saturated rings. The van der Waals surface area contributed by atoms with Crippen LogP contribution in [0.15, 0.2) is 46.5 Å². The van der Waals surface area contributed by atoms with E-state index < -0.39 is 0 Å². The third kappa shape index (κ3) is 2.75. The average molecular weight is 450 g/mol. The summed E-state index contributed by atoms with van der Waals surface area (Å²) in [5, 5.41) is 8.56. The Morgan fingerprint density at radius 1 is 1.07 bits per heavy atom. The first-order valence-electron chi connectivity index (χ1n) is 9.29. The van der Waals surface area contributed by atoms with Crippen molar-refractivity contribution in [2.24, 2.45) is 0 Å². The minimum atomic E-state index is 0.661. The average Bonchev–Trinajstić information content (AvgIpc) is 3.52. The molecular weight excluding hydrogens is 434 g/mol. The second-order valence-corrected chi connectivity index (χ2v) is 9.96. The highest BCUT2D eigenvalue weighted by atomic mass is 32.2. The summed E-state index contributed by atoms with van der Waals surface area (Å²) in [4.78, 5) is 18.7. The van der Waals surface area contributed by atoms with Crippen molar-refractivity contribution in [2.75, 3.05) is 0 Å². The molecule has 0 aliphatic heterocycles. The zero-order chi connectivity index (χ0) is 20.2. The van der Waals surface area contributed by atoms with Gasteiger partial charge in [-0.3, -0.25) is 4.57 Å². The Labute approximate surface area is 183 Å². The third-order valence-corrected chi connectivity index (χ3v) is 8.02. The number of benzene rings is 1. The lowest BCUT2D eigenvalue weighted by Crippen LogP contribution is -1.98. The van der Waals surface area contributed by atoms with Crippen molar-refractivity contribution >= 4 is 61.3 Å². The van der Waals surface area contributed by atoms with Crippen LogP contribution in [0.3, 0.4) is 0 Å². The zero-order valence-electron chi connectivity index (χ0n) is 16.1. The predicted molar refractivity (Wildman–Crippen MR) is 122 cm³/mol. The molecule has 0 atom stereocenters. The summed E-state index contributed by atoms with van der Waals surface area (Å²) in [5.74, 6) is 1.43. The molecule has 0 N–H and O–H groups in total. The van der Waals surface area contributed by atoms with Crippen LogP contribution in [0.1, 0.15) is 17.1 Å². The van der Waals surface area contributed by atoms with E-state index in [0.29, 0.717) is 5.75 Å². The quantitative estimate of drug-likeness (QED) is 0.351. The number of aromatic nitrogens is 7. The number of thiazole rings is 2. The van der Waals surface area contributed by atoms with E-state index in [1.165, 1.54) is 4.70 Å². The molecule has 6 rings (SSSR count). The fourth-order valence-corrected chi connectivity index (χ4v) is 6.18. The molecule has 0 aliphatic carbocycles. The lowest BCUT2D eigenvalue weighted by atomic mass is 10.2. The van der Waals surface area contributed by atoms with Gasteiger partial charge in [0.25, 0.3) is 0 Å². The highest BCUT2D eigenvalue weighted by Gasteiger charge is 2.20. The van der Waals surface area contributed by atoms with Gasteiger partial charge in [0.05, 0.1) is 21.4 Å². The van der Waals surface area contributed by atoms with Gasteiger partial charge in [0.2, 0.25) is 0 Å². The van der Waals surface area contributed by atoms with E-state index in [9.17, 15) is 0 Å². The van der Waals surface area contributed by atoms with Gasteiger partial charge in [0, 0.05) is 17.3 Å². The Morgan fingerprint density at radius 3 is 2.80 bits per heavy atom. The van der Waals surface area contributed by atoms with Gasteiger partial charge in [-0.05, 0) is 31.5 Å². The molecular formula is C20H15N7S3. The second-order valence-electron chi connectivity index (χ2n) is 6.84. The van der Waals surface area contributed by atoms with Gasteiger partial charge in [-0.2, -0.15) is 0 Å². The van der Waals surface area contributed by atoms with Crippen molar-refractivity contribution in [2.45, 2.75) is 23.9 Å². The van der Waals surface area contributed by atoms with E-state index in [0.717, 1.165) is 48.8 Å². The number of hydrogen-bond acceptors (Lipinski definition) is 8. The van der Waals surface area contributed by atoms with Gasteiger partial charge in [-0.1, -0.05) is 23.9 Å². The number of hydrogen-bond donors (Lipinski definition) is 0. The molecule has 7 nitrogen and oxygen atoms in total. The Kier molecular flexibility index (Phi) is 4.12. The summed E-state index contributed by atoms with van der Waals surface area (Å²) < 4.78 is 6.10. The molecule has 5 heterocycles. The minimum Gasteiger partial charge on any atom is -0.273 e. The maximum absolute atomic E-state index is 4.84. The van der Waals surface area contributed by atoms with Crippen LogP contribution in [0.4, 0.5) is 0 Å². The van der Waals surface area contributed by atoms with Crippen molar-refractivity contribution in [3.8, 4) is 5.13 Å². The topological polar surface area (TPSA) is 73.8 Å². The SMILES string of the molecule is Cc1c(C)n(-c2nccs2)c2ncn3nc(CSc4nc5ccccc5s4)nc3c12. The zero-order valence-corrected chi connectivity index (χ0v) is 18.6. The highest BCUT2D eigenvalue weighted by molar-refractivity contribution is 8.00. The van der Waals surface area contributed by atoms with E-state index in [-0.39, 0.29) is 0 Å². The van der Waals surface area contributed by atoms with E-state index >= 15 is 0 Å². The fourth-order valence-electron chi connectivity index (χ4n) is 3.57.